The zero-order valence-electron chi connectivity index (χ0n) is 16.9. The van der Waals surface area contributed by atoms with Crippen LogP contribution in [0, 0.1) is 0 Å². The quantitative estimate of drug-likeness (QED) is 0.422. The lowest BCUT2D eigenvalue weighted by Crippen LogP contribution is -2.40. The van der Waals surface area contributed by atoms with Crippen molar-refractivity contribution in [3.05, 3.63) is 52.0 Å². The minimum atomic E-state index is -0.116. The summed E-state index contributed by atoms with van der Waals surface area (Å²) in [5, 5.41) is 1.32. The highest BCUT2D eigenvalue weighted by Gasteiger charge is 2.21. The largest absolute Gasteiger partial charge is 0.484 e. The summed E-state index contributed by atoms with van der Waals surface area (Å²) in [6, 6.07) is 12.9. The second-order valence-electron chi connectivity index (χ2n) is 7.20. The Hall–Kier alpha value is -1.71. The summed E-state index contributed by atoms with van der Waals surface area (Å²) in [5.41, 5.74) is 0.882. The molecule has 1 aliphatic heterocycles. The summed E-state index contributed by atoms with van der Waals surface area (Å²) in [7, 11) is 0. The molecule has 164 valence electrons. The molecule has 0 unspecified atom stereocenters. The number of amides is 1. The minimum absolute atomic E-state index is 0.0567. The molecule has 9 heteroatoms. The first kappa shape index (κ1) is 22.5. The number of morpholine rings is 1. The van der Waals surface area contributed by atoms with E-state index in [0.29, 0.717) is 22.4 Å². The van der Waals surface area contributed by atoms with Crippen LogP contribution in [0.25, 0.3) is 10.2 Å². The van der Waals surface area contributed by atoms with Gasteiger partial charge in [-0.1, -0.05) is 38.9 Å². The van der Waals surface area contributed by atoms with Gasteiger partial charge in [0.2, 0.25) is 0 Å². The van der Waals surface area contributed by atoms with Crippen molar-refractivity contribution in [3.8, 4) is 5.75 Å². The third-order valence-electron chi connectivity index (χ3n) is 5.01. The number of rotatable bonds is 8. The number of hydrogen-bond donors (Lipinski definition) is 0. The topological polar surface area (TPSA) is 54.9 Å². The van der Waals surface area contributed by atoms with Crippen molar-refractivity contribution >= 4 is 60.1 Å². The Morgan fingerprint density at radius 3 is 2.77 bits per heavy atom. The Balaban J connectivity index is 1.46. The van der Waals surface area contributed by atoms with E-state index in [1.54, 1.807) is 29.2 Å². The van der Waals surface area contributed by atoms with E-state index in [4.69, 9.17) is 26.1 Å². The van der Waals surface area contributed by atoms with E-state index in [-0.39, 0.29) is 12.5 Å². The van der Waals surface area contributed by atoms with Gasteiger partial charge in [0.25, 0.3) is 5.91 Å². The third-order valence-corrected chi connectivity index (χ3v) is 6.79. The molecule has 0 atom stereocenters. The van der Waals surface area contributed by atoms with Crippen LogP contribution in [-0.2, 0) is 9.53 Å². The van der Waals surface area contributed by atoms with Crippen molar-refractivity contribution in [2.75, 3.05) is 50.9 Å². The number of fused-ring (bicyclic) bond motifs is 1. The molecule has 0 radical (unpaired) electrons. The first-order valence-electron chi connectivity index (χ1n) is 10.1. The van der Waals surface area contributed by atoms with Crippen molar-refractivity contribution in [2.24, 2.45) is 0 Å². The number of aromatic nitrogens is 1. The fraction of sp³-hybridized carbons (Fsp3) is 0.364. The Morgan fingerprint density at radius 1 is 1.23 bits per heavy atom. The van der Waals surface area contributed by atoms with Crippen LogP contribution in [-0.4, -0.2) is 61.8 Å². The van der Waals surface area contributed by atoms with Gasteiger partial charge in [-0.15, -0.1) is 0 Å². The molecule has 31 heavy (non-hydrogen) atoms. The van der Waals surface area contributed by atoms with Crippen molar-refractivity contribution < 1.29 is 14.3 Å². The lowest BCUT2D eigenvalue weighted by atomic mass is 10.3. The molecule has 1 amide bonds. The van der Waals surface area contributed by atoms with Crippen LogP contribution in [0.15, 0.2) is 46.9 Å². The van der Waals surface area contributed by atoms with Gasteiger partial charge in [0, 0.05) is 35.7 Å². The number of carbonyl (C=O) groups is 1. The second kappa shape index (κ2) is 10.7. The molecule has 2 aromatic carbocycles. The van der Waals surface area contributed by atoms with E-state index >= 15 is 0 Å². The van der Waals surface area contributed by atoms with Crippen LogP contribution in [0.3, 0.4) is 0 Å². The van der Waals surface area contributed by atoms with Crippen LogP contribution >= 0.6 is 38.9 Å². The molecule has 0 saturated carbocycles. The summed E-state index contributed by atoms with van der Waals surface area (Å²) in [6.45, 7) is 4.85. The summed E-state index contributed by atoms with van der Waals surface area (Å²) >= 11 is 10.9. The maximum Gasteiger partial charge on any atom is 0.266 e. The SMILES string of the molecule is O=C(COc1ccc(Cl)cc1)N(CCCN1CCOCC1)c1nc2ccc(Br)cc2s1. The molecule has 1 fully saturated rings. The Kier molecular flexibility index (Phi) is 7.79. The van der Waals surface area contributed by atoms with E-state index in [9.17, 15) is 4.79 Å². The van der Waals surface area contributed by atoms with Gasteiger partial charge in [-0.3, -0.25) is 14.6 Å². The van der Waals surface area contributed by atoms with Crippen molar-refractivity contribution in [1.82, 2.24) is 9.88 Å². The second-order valence-corrected chi connectivity index (χ2v) is 9.57. The van der Waals surface area contributed by atoms with Crippen LogP contribution in [0.4, 0.5) is 5.13 Å². The average molecular weight is 525 g/mol. The Labute approximate surface area is 198 Å². The molecule has 6 nitrogen and oxygen atoms in total. The van der Waals surface area contributed by atoms with Gasteiger partial charge < -0.3 is 9.47 Å². The smallest absolute Gasteiger partial charge is 0.266 e. The monoisotopic (exact) mass is 523 g/mol. The molecule has 1 saturated heterocycles. The number of nitrogens with zero attached hydrogens (tertiary/aromatic N) is 3. The first-order valence-corrected chi connectivity index (χ1v) is 12.1. The highest BCUT2D eigenvalue weighted by Crippen LogP contribution is 2.31. The predicted molar refractivity (Wildman–Crippen MR) is 128 cm³/mol. The molecule has 0 N–H and O–H groups in total. The van der Waals surface area contributed by atoms with Gasteiger partial charge in [0.15, 0.2) is 11.7 Å². The van der Waals surface area contributed by atoms with Crippen LogP contribution < -0.4 is 9.64 Å². The number of anilines is 1. The molecule has 0 aliphatic carbocycles. The fourth-order valence-electron chi connectivity index (χ4n) is 3.36. The standard InChI is InChI=1S/C22H23BrClN3O3S/c23-16-2-7-19-20(14-16)31-22(25-19)27(9-1-8-26-10-12-29-13-11-26)21(28)15-30-18-5-3-17(24)4-6-18/h2-7,14H,1,8-13,15H2. The fourth-order valence-corrected chi connectivity index (χ4v) is 5.05. The van der Waals surface area contributed by atoms with Crippen LogP contribution in [0.2, 0.25) is 5.02 Å². The number of benzene rings is 2. The lowest BCUT2D eigenvalue weighted by Gasteiger charge is -2.27. The van der Waals surface area contributed by atoms with E-state index in [0.717, 1.165) is 54.0 Å². The van der Waals surface area contributed by atoms with Crippen molar-refractivity contribution in [3.63, 3.8) is 0 Å². The van der Waals surface area contributed by atoms with Crippen LogP contribution in [0.5, 0.6) is 5.75 Å². The summed E-state index contributed by atoms with van der Waals surface area (Å²) in [6.07, 6.45) is 0.853. The molecule has 3 aromatic rings. The molecule has 0 spiro atoms. The summed E-state index contributed by atoms with van der Waals surface area (Å²) in [5.74, 6) is 0.495. The molecule has 4 rings (SSSR count). The zero-order chi connectivity index (χ0) is 21.6. The molecule has 1 aliphatic rings. The number of carbonyl (C=O) groups excluding carboxylic acids is 1. The summed E-state index contributed by atoms with van der Waals surface area (Å²) < 4.78 is 13.2. The average Bonchev–Trinajstić information content (AvgIpc) is 3.19. The predicted octanol–water partition coefficient (Wildman–Crippen LogP) is 4.85. The van der Waals surface area contributed by atoms with Gasteiger partial charge in [0.1, 0.15) is 5.75 Å². The molecule has 2 heterocycles. The first-order chi connectivity index (χ1) is 15.1. The Morgan fingerprint density at radius 2 is 2.00 bits per heavy atom. The van der Waals surface area contributed by atoms with Crippen molar-refractivity contribution in [1.29, 1.82) is 0 Å². The number of ether oxygens (including phenoxy) is 2. The maximum absolute atomic E-state index is 13.1. The highest BCUT2D eigenvalue weighted by molar-refractivity contribution is 9.10. The van der Waals surface area contributed by atoms with Crippen molar-refractivity contribution in [2.45, 2.75) is 6.42 Å². The summed E-state index contributed by atoms with van der Waals surface area (Å²) in [4.78, 5) is 21.9. The van der Waals surface area contributed by atoms with Gasteiger partial charge in [0.05, 0.1) is 23.4 Å². The van der Waals surface area contributed by atoms with Gasteiger partial charge in [-0.05, 0) is 48.9 Å². The van der Waals surface area contributed by atoms with Crippen LogP contribution in [0.1, 0.15) is 6.42 Å². The van der Waals surface area contributed by atoms with Gasteiger partial charge in [-0.25, -0.2) is 4.98 Å². The molecule has 0 bridgehead atoms. The lowest BCUT2D eigenvalue weighted by molar-refractivity contribution is -0.120. The maximum atomic E-state index is 13.1. The normalized spacial score (nSPS) is 14.6. The third kappa shape index (κ3) is 6.17. The molecule has 1 aromatic heterocycles. The number of halogens is 2. The molecular formula is C22H23BrClN3O3S. The Bertz CT molecular complexity index is 1020. The molecular weight excluding hydrogens is 502 g/mol. The van der Waals surface area contributed by atoms with E-state index < -0.39 is 0 Å². The zero-order valence-corrected chi connectivity index (χ0v) is 20.1. The highest BCUT2D eigenvalue weighted by atomic mass is 79.9. The minimum Gasteiger partial charge on any atom is -0.484 e. The van der Waals surface area contributed by atoms with E-state index in [2.05, 4.69) is 20.8 Å². The number of hydrogen-bond acceptors (Lipinski definition) is 6. The van der Waals surface area contributed by atoms with Gasteiger partial charge >= 0.3 is 0 Å². The van der Waals surface area contributed by atoms with E-state index in [1.165, 1.54) is 11.3 Å². The van der Waals surface area contributed by atoms with E-state index in [1.807, 2.05) is 18.2 Å². The van der Waals surface area contributed by atoms with Gasteiger partial charge in [-0.2, -0.15) is 0 Å². The number of thiazole rings is 1.